The molecule has 1 aliphatic heterocycles. The van der Waals surface area contributed by atoms with Gasteiger partial charge in [0.25, 0.3) is 0 Å². The van der Waals surface area contributed by atoms with Gasteiger partial charge in [-0.15, -0.1) is 0 Å². The maximum Gasteiger partial charge on any atom is 0.222 e. The molecule has 1 amide bonds. The van der Waals surface area contributed by atoms with E-state index in [9.17, 15) is 9.18 Å². The van der Waals surface area contributed by atoms with E-state index in [1.54, 1.807) is 18.2 Å². The lowest BCUT2D eigenvalue weighted by Gasteiger charge is -2.18. The molecule has 7 nitrogen and oxygen atoms in total. The van der Waals surface area contributed by atoms with Crippen molar-refractivity contribution in [2.45, 2.75) is 25.3 Å². The number of aromatic nitrogens is 3. The average Bonchev–Trinajstić information content (AvgIpc) is 3.40. The van der Waals surface area contributed by atoms with Crippen molar-refractivity contribution in [3.05, 3.63) is 53.7 Å². The average molecular weight is 435 g/mol. The summed E-state index contributed by atoms with van der Waals surface area (Å²) in [6, 6.07) is 8.42. The topological polar surface area (TPSA) is 77.2 Å². The predicted molar refractivity (Wildman–Crippen MR) is 123 cm³/mol. The van der Waals surface area contributed by atoms with Gasteiger partial charge in [0.1, 0.15) is 23.6 Å². The quantitative estimate of drug-likeness (QED) is 0.584. The number of rotatable bonds is 6. The minimum atomic E-state index is -0.347. The molecule has 1 saturated heterocycles. The number of fused-ring (bicyclic) bond motifs is 1. The molecule has 0 radical (unpaired) electrons. The fourth-order valence-corrected chi connectivity index (χ4v) is 3.82. The highest BCUT2D eigenvalue weighted by molar-refractivity contribution is 5.88. The number of hydrogen-bond donors (Lipinski definition) is 2. The first-order valence-corrected chi connectivity index (χ1v) is 10.8. The zero-order valence-corrected chi connectivity index (χ0v) is 18.4. The molecule has 0 saturated carbocycles. The van der Waals surface area contributed by atoms with Crippen LogP contribution < -0.4 is 5.32 Å². The van der Waals surface area contributed by atoms with Crippen LogP contribution in [-0.4, -0.2) is 70.4 Å². The van der Waals surface area contributed by atoms with Crippen LogP contribution in [0.15, 0.2) is 36.7 Å². The van der Waals surface area contributed by atoms with Crippen LogP contribution in [0.3, 0.4) is 0 Å². The van der Waals surface area contributed by atoms with E-state index < -0.39 is 0 Å². The molecule has 1 aromatic carbocycles. The van der Waals surface area contributed by atoms with E-state index in [1.807, 2.05) is 25.1 Å². The van der Waals surface area contributed by atoms with Crippen molar-refractivity contribution < 1.29 is 9.18 Å². The molecule has 0 bridgehead atoms. The summed E-state index contributed by atoms with van der Waals surface area (Å²) in [7, 11) is 4.03. The molecule has 0 spiro atoms. The van der Waals surface area contributed by atoms with Crippen molar-refractivity contribution in [3.63, 3.8) is 0 Å². The van der Waals surface area contributed by atoms with E-state index in [-0.39, 0.29) is 17.8 Å². The zero-order chi connectivity index (χ0) is 22.5. The van der Waals surface area contributed by atoms with Gasteiger partial charge in [-0.3, -0.25) is 4.79 Å². The summed E-state index contributed by atoms with van der Waals surface area (Å²) in [4.78, 5) is 28.3. The lowest BCUT2D eigenvalue weighted by atomic mass is 10.2. The van der Waals surface area contributed by atoms with E-state index >= 15 is 0 Å². The van der Waals surface area contributed by atoms with Crippen LogP contribution in [0.5, 0.6) is 0 Å². The minimum absolute atomic E-state index is 0.133. The van der Waals surface area contributed by atoms with Gasteiger partial charge < -0.3 is 20.1 Å². The van der Waals surface area contributed by atoms with Crippen molar-refractivity contribution in [2.75, 3.05) is 39.0 Å². The fraction of sp³-hybridized carbons (Fsp3) is 0.375. The molecule has 0 aliphatic carbocycles. The number of likely N-dealkylation sites (tertiary alicyclic amines) is 1. The van der Waals surface area contributed by atoms with Gasteiger partial charge in [0.2, 0.25) is 5.91 Å². The smallest absolute Gasteiger partial charge is 0.222 e. The summed E-state index contributed by atoms with van der Waals surface area (Å²) in [5.41, 5.74) is 1.64. The molecular weight excluding hydrogens is 407 g/mol. The molecule has 1 unspecified atom stereocenters. The Hall–Kier alpha value is -3.44. The molecule has 8 heteroatoms. The number of carbonyl (C=O) groups excluding carboxylic acids is 1. The molecule has 2 N–H and O–H groups in total. The monoisotopic (exact) mass is 434 g/mol. The second-order valence-corrected chi connectivity index (χ2v) is 8.27. The molecule has 1 atom stereocenters. The summed E-state index contributed by atoms with van der Waals surface area (Å²) in [6.07, 6.45) is 3.81. The number of nitrogens with one attached hydrogen (secondary N) is 2. The molecule has 3 heterocycles. The first-order valence-electron chi connectivity index (χ1n) is 10.8. The van der Waals surface area contributed by atoms with Crippen LogP contribution in [0.4, 0.5) is 10.2 Å². The summed E-state index contributed by atoms with van der Waals surface area (Å²) in [5.74, 6) is 6.38. The Morgan fingerprint density at radius 3 is 2.97 bits per heavy atom. The van der Waals surface area contributed by atoms with Crippen LogP contribution in [0.25, 0.3) is 11.0 Å². The highest BCUT2D eigenvalue weighted by atomic mass is 19.1. The Balaban J connectivity index is 1.42. The first kappa shape index (κ1) is 21.8. The number of halogens is 1. The second kappa shape index (κ2) is 9.79. The third kappa shape index (κ3) is 5.24. The number of amides is 1. The number of aromatic amines is 1. The van der Waals surface area contributed by atoms with Gasteiger partial charge in [-0.05, 0) is 57.6 Å². The minimum Gasteiger partial charge on any atom is -0.365 e. The Morgan fingerprint density at radius 1 is 1.31 bits per heavy atom. The van der Waals surface area contributed by atoms with E-state index in [4.69, 9.17) is 0 Å². The zero-order valence-electron chi connectivity index (χ0n) is 18.4. The van der Waals surface area contributed by atoms with Gasteiger partial charge in [0.05, 0.1) is 16.6 Å². The van der Waals surface area contributed by atoms with Gasteiger partial charge in [0, 0.05) is 25.6 Å². The van der Waals surface area contributed by atoms with Crippen molar-refractivity contribution >= 4 is 22.8 Å². The Morgan fingerprint density at radius 2 is 2.16 bits per heavy atom. The van der Waals surface area contributed by atoms with Crippen molar-refractivity contribution in [1.82, 2.24) is 24.8 Å². The molecule has 166 valence electrons. The van der Waals surface area contributed by atoms with Crippen molar-refractivity contribution in [1.29, 1.82) is 0 Å². The van der Waals surface area contributed by atoms with E-state index in [2.05, 4.69) is 37.0 Å². The number of hydrogen-bond acceptors (Lipinski definition) is 5. The summed E-state index contributed by atoms with van der Waals surface area (Å²) < 4.78 is 13.8. The fourth-order valence-electron chi connectivity index (χ4n) is 3.82. The molecule has 32 heavy (non-hydrogen) atoms. The van der Waals surface area contributed by atoms with Crippen molar-refractivity contribution in [2.24, 2.45) is 0 Å². The number of carbonyl (C=O) groups is 1. The highest BCUT2D eigenvalue weighted by Gasteiger charge is 2.26. The summed E-state index contributed by atoms with van der Waals surface area (Å²) in [6.45, 7) is 2.33. The molecular formula is C24H27FN6O. The summed E-state index contributed by atoms with van der Waals surface area (Å²) in [5, 5.41) is 4.28. The molecule has 1 fully saturated rings. The summed E-state index contributed by atoms with van der Waals surface area (Å²) >= 11 is 0. The number of H-pyrrole nitrogens is 1. The van der Waals surface area contributed by atoms with Gasteiger partial charge in [-0.25, -0.2) is 14.4 Å². The van der Waals surface area contributed by atoms with E-state index in [1.165, 1.54) is 12.4 Å². The highest BCUT2D eigenvalue weighted by Crippen LogP contribution is 2.23. The maximum atomic E-state index is 13.8. The van der Waals surface area contributed by atoms with Gasteiger partial charge in [0.15, 0.2) is 0 Å². The predicted octanol–water partition coefficient (Wildman–Crippen LogP) is 2.85. The SMILES string of the molecule is CN(C)CCCC(=O)N1CCC(Nc2ncnc3[nH]c(C#Cc4ccccc4F)cc23)C1. The Bertz CT molecular complexity index is 1160. The molecule has 3 aromatic rings. The maximum absolute atomic E-state index is 13.8. The van der Waals surface area contributed by atoms with Gasteiger partial charge in [-0.2, -0.15) is 0 Å². The number of anilines is 1. The number of nitrogens with zero attached hydrogens (tertiary/aromatic N) is 4. The molecule has 2 aromatic heterocycles. The van der Waals surface area contributed by atoms with Gasteiger partial charge >= 0.3 is 0 Å². The van der Waals surface area contributed by atoms with Crippen molar-refractivity contribution in [3.8, 4) is 11.8 Å². The van der Waals surface area contributed by atoms with E-state index in [0.29, 0.717) is 35.7 Å². The normalized spacial score (nSPS) is 15.8. The van der Waals surface area contributed by atoms with Crippen LogP contribution in [0.2, 0.25) is 0 Å². The third-order valence-corrected chi connectivity index (χ3v) is 5.51. The third-order valence-electron chi connectivity index (χ3n) is 5.51. The lowest BCUT2D eigenvalue weighted by Crippen LogP contribution is -2.32. The van der Waals surface area contributed by atoms with Crippen LogP contribution >= 0.6 is 0 Å². The molecule has 4 rings (SSSR count). The van der Waals surface area contributed by atoms with Crippen LogP contribution in [-0.2, 0) is 4.79 Å². The largest absolute Gasteiger partial charge is 0.365 e. The van der Waals surface area contributed by atoms with Gasteiger partial charge in [-0.1, -0.05) is 18.1 Å². The Kier molecular flexibility index (Phi) is 6.66. The Labute approximate surface area is 187 Å². The van der Waals surface area contributed by atoms with E-state index in [0.717, 1.165) is 31.3 Å². The van der Waals surface area contributed by atoms with Crippen LogP contribution in [0.1, 0.15) is 30.5 Å². The second-order valence-electron chi connectivity index (χ2n) is 8.27. The molecule has 1 aliphatic rings. The number of benzene rings is 1. The lowest BCUT2D eigenvalue weighted by molar-refractivity contribution is -0.130. The standard InChI is InChI=1S/C24H27FN6O/c1-30(2)12-5-8-22(32)31-13-11-19(15-31)29-24-20-14-18(28-23(20)26-16-27-24)10-9-17-6-3-4-7-21(17)25/h3-4,6-7,14,16,19H,5,8,11-13,15H2,1-2H3,(H2,26,27,28,29). The van der Waals surface area contributed by atoms with Crippen LogP contribution in [0, 0.1) is 17.7 Å². The first-order chi connectivity index (χ1) is 15.5.